The van der Waals surface area contributed by atoms with Gasteiger partial charge in [-0.15, -0.1) is 0 Å². The molecule has 0 saturated carbocycles. The molecule has 2 aromatic rings. The van der Waals surface area contributed by atoms with Gasteiger partial charge in [-0.1, -0.05) is 34.1 Å². The molecule has 2 rings (SSSR count). The normalized spacial score (nSPS) is 10.5. The van der Waals surface area contributed by atoms with Crippen LogP contribution in [0.4, 0.5) is 0 Å². The Morgan fingerprint density at radius 3 is 2.23 bits per heavy atom. The molecule has 0 radical (unpaired) electrons. The molecule has 5 nitrogen and oxygen atoms in total. The molecule has 0 spiro atoms. The topological polar surface area (TPSA) is 65.5 Å². The third kappa shape index (κ3) is 3.11. The van der Waals surface area contributed by atoms with Crippen molar-refractivity contribution in [2.45, 2.75) is 19.2 Å². The summed E-state index contributed by atoms with van der Waals surface area (Å²) in [4.78, 5) is 29.1. The van der Waals surface area contributed by atoms with Gasteiger partial charge in [0.2, 0.25) is 0 Å². The highest BCUT2D eigenvalue weighted by Crippen LogP contribution is 2.26. The minimum Gasteiger partial charge on any atom is -0.462 e. The first-order valence-corrected chi connectivity index (χ1v) is 8.07. The van der Waals surface area contributed by atoms with Gasteiger partial charge < -0.3 is 9.47 Å². The molecule has 1 aromatic heterocycles. The van der Waals surface area contributed by atoms with Crippen LogP contribution in [-0.2, 0) is 14.8 Å². The summed E-state index contributed by atoms with van der Waals surface area (Å²) in [6.07, 6.45) is 0. The summed E-state index contributed by atoms with van der Waals surface area (Å²) in [5.41, 5.74) is 1.46. The van der Waals surface area contributed by atoms with Crippen LogP contribution in [0.1, 0.15) is 40.3 Å². The van der Waals surface area contributed by atoms with E-state index in [2.05, 4.69) is 20.9 Å². The average Bonchev–Trinajstić information content (AvgIpc) is 2.53. The first kappa shape index (κ1) is 16.4. The summed E-state index contributed by atoms with van der Waals surface area (Å²) < 4.78 is 10.2. The van der Waals surface area contributed by atoms with E-state index in [4.69, 9.17) is 9.47 Å². The van der Waals surface area contributed by atoms with Gasteiger partial charge in [0.15, 0.2) is 0 Å². The van der Waals surface area contributed by atoms with E-state index < -0.39 is 11.9 Å². The van der Waals surface area contributed by atoms with E-state index in [1.54, 1.807) is 32.0 Å². The number of ether oxygens (including phenoxy) is 2. The number of aromatic nitrogens is 1. The van der Waals surface area contributed by atoms with Crippen LogP contribution < -0.4 is 0 Å². The molecule has 116 valence electrons. The number of esters is 2. The van der Waals surface area contributed by atoms with Crippen molar-refractivity contribution in [1.29, 1.82) is 0 Å². The number of halogens is 1. The van der Waals surface area contributed by atoms with E-state index in [9.17, 15) is 9.59 Å². The van der Waals surface area contributed by atoms with E-state index in [1.807, 2.05) is 6.07 Å². The Morgan fingerprint density at radius 1 is 1.05 bits per heavy atom. The van der Waals surface area contributed by atoms with Crippen molar-refractivity contribution in [2.24, 2.45) is 0 Å². The second-order valence-electron chi connectivity index (χ2n) is 4.40. The summed E-state index contributed by atoms with van der Waals surface area (Å²) in [5.74, 6) is -1.12. The lowest BCUT2D eigenvalue weighted by atomic mass is 10.0. The third-order valence-electron chi connectivity index (χ3n) is 3.05. The Kier molecular flexibility index (Phi) is 5.49. The monoisotopic (exact) mass is 365 g/mol. The fourth-order valence-corrected chi connectivity index (χ4v) is 2.60. The van der Waals surface area contributed by atoms with Gasteiger partial charge in [0.05, 0.1) is 35.6 Å². The first-order valence-electron chi connectivity index (χ1n) is 6.95. The number of rotatable bonds is 5. The highest BCUT2D eigenvalue weighted by molar-refractivity contribution is 9.08. The van der Waals surface area contributed by atoms with Crippen LogP contribution in [-0.4, -0.2) is 30.1 Å². The fourth-order valence-electron chi connectivity index (χ4n) is 2.20. The highest BCUT2D eigenvalue weighted by Gasteiger charge is 2.26. The van der Waals surface area contributed by atoms with Gasteiger partial charge in [-0.3, -0.25) is 4.98 Å². The van der Waals surface area contributed by atoms with Crippen LogP contribution in [0.2, 0.25) is 0 Å². The molecular formula is C16H16BrNO4. The molecule has 22 heavy (non-hydrogen) atoms. The second-order valence-corrected chi connectivity index (χ2v) is 4.96. The van der Waals surface area contributed by atoms with E-state index in [0.29, 0.717) is 21.9 Å². The van der Waals surface area contributed by atoms with Gasteiger partial charge in [-0.05, 0) is 19.9 Å². The van der Waals surface area contributed by atoms with Crippen LogP contribution in [0.25, 0.3) is 10.9 Å². The predicted molar refractivity (Wildman–Crippen MR) is 86.3 cm³/mol. The van der Waals surface area contributed by atoms with Gasteiger partial charge in [-0.25, -0.2) is 9.59 Å². The highest BCUT2D eigenvalue weighted by atomic mass is 79.9. The Balaban J connectivity index is 2.79. The molecule has 0 bridgehead atoms. The van der Waals surface area contributed by atoms with Crippen molar-refractivity contribution in [3.63, 3.8) is 0 Å². The smallest absolute Gasteiger partial charge is 0.340 e. The molecule has 0 aliphatic rings. The van der Waals surface area contributed by atoms with Crippen molar-refractivity contribution in [1.82, 2.24) is 4.98 Å². The molecule has 0 atom stereocenters. The quantitative estimate of drug-likeness (QED) is 0.599. The number of carbonyl (C=O) groups excluding carboxylic acids is 2. The van der Waals surface area contributed by atoms with Crippen molar-refractivity contribution >= 4 is 38.8 Å². The summed E-state index contributed by atoms with van der Waals surface area (Å²) in [5, 5.41) is 0.909. The Bertz CT molecular complexity index is 715. The Morgan fingerprint density at radius 2 is 1.64 bits per heavy atom. The molecule has 0 aliphatic carbocycles. The third-order valence-corrected chi connectivity index (χ3v) is 3.58. The van der Waals surface area contributed by atoms with Gasteiger partial charge in [-0.2, -0.15) is 0 Å². The zero-order valence-electron chi connectivity index (χ0n) is 12.4. The Labute approximate surface area is 136 Å². The van der Waals surface area contributed by atoms with E-state index in [0.717, 1.165) is 0 Å². The van der Waals surface area contributed by atoms with Gasteiger partial charge >= 0.3 is 11.9 Å². The maximum absolute atomic E-state index is 12.4. The lowest BCUT2D eigenvalue weighted by molar-refractivity contribution is 0.0479. The second kappa shape index (κ2) is 7.35. The van der Waals surface area contributed by atoms with Crippen LogP contribution in [0.3, 0.4) is 0 Å². The minimum atomic E-state index is -0.571. The zero-order chi connectivity index (χ0) is 16.1. The van der Waals surface area contributed by atoms with Crippen molar-refractivity contribution in [3.05, 3.63) is 41.1 Å². The molecule has 1 heterocycles. The van der Waals surface area contributed by atoms with Crippen LogP contribution >= 0.6 is 15.9 Å². The molecule has 6 heteroatoms. The molecule has 0 amide bonds. The lowest BCUT2D eigenvalue weighted by Crippen LogP contribution is -2.18. The number of pyridine rings is 1. The predicted octanol–water partition coefficient (Wildman–Crippen LogP) is 3.48. The number of benzene rings is 1. The van der Waals surface area contributed by atoms with Crippen molar-refractivity contribution in [2.75, 3.05) is 13.2 Å². The number of para-hydroxylation sites is 1. The molecule has 1 aromatic carbocycles. The summed E-state index contributed by atoms with van der Waals surface area (Å²) in [6.45, 7) is 3.87. The number of carbonyl (C=O) groups is 2. The number of nitrogens with zero attached hydrogens (tertiary/aromatic N) is 1. The largest absolute Gasteiger partial charge is 0.462 e. The molecule has 0 N–H and O–H groups in total. The number of hydrogen-bond acceptors (Lipinski definition) is 5. The summed E-state index contributed by atoms with van der Waals surface area (Å²) >= 11 is 3.31. The zero-order valence-corrected chi connectivity index (χ0v) is 14.0. The summed E-state index contributed by atoms with van der Waals surface area (Å²) in [6, 6.07) is 7.15. The van der Waals surface area contributed by atoms with E-state index in [-0.39, 0.29) is 24.3 Å². The standard InChI is InChI=1S/C16H16BrNO4/c1-3-21-15(19)13-10-7-5-6-8-11(10)18-12(9-17)14(13)16(20)22-4-2/h5-8H,3-4,9H2,1-2H3. The lowest BCUT2D eigenvalue weighted by Gasteiger charge is -2.14. The first-order chi connectivity index (χ1) is 10.6. The average molecular weight is 366 g/mol. The van der Waals surface area contributed by atoms with Gasteiger partial charge in [0.1, 0.15) is 0 Å². The number of fused-ring (bicyclic) bond motifs is 1. The van der Waals surface area contributed by atoms with Crippen LogP contribution in [0.15, 0.2) is 24.3 Å². The molecule has 0 fully saturated rings. The fraction of sp³-hybridized carbons (Fsp3) is 0.312. The van der Waals surface area contributed by atoms with Gasteiger partial charge in [0, 0.05) is 10.7 Å². The molecule has 0 unspecified atom stereocenters. The summed E-state index contributed by atoms with van der Waals surface area (Å²) in [7, 11) is 0. The number of alkyl halides is 1. The molecule has 0 saturated heterocycles. The molecule has 0 aliphatic heterocycles. The van der Waals surface area contributed by atoms with Crippen molar-refractivity contribution in [3.8, 4) is 0 Å². The minimum absolute atomic E-state index is 0.163. The van der Waals surface area contributed by atoms with Gasteiger partial charge in [0.25, 0.3) is 0 Å². The van der Waals surface area contributed by atoms with E-state index in [1.165, 1.54) is 0 Å². The maximum atomic E-state index is 12.4. The molecular weight excluding hydrogens is 350 g/mol. The SMILES string of the molecule is CCOC(=O)c1c(CBr)nc2ccccc2c1C(=O)OCC. The number of hydrogen-bond donors (Lipinski definition) is 0. The Hall–Kier alpha value is -1.95. The van der Waals surface area contributed by atoms with Crippen LogP contribution in [0.5, 0.6) is 0 Å². The van der Waals surface area contributed by atoms with E-state index >= 15 is 0 Å². The van der Waals surface area contributed by atoms with Crippen molar-refractivity contribution < 1.29 is 19.1 Å². The maximum Gasteiger partial charge on any atom is 0.340 e. The van der Waals surface area contributed by atoms with Crippen LogP contribution in [0, 0.1) is 0 Å².